The van der Waals surface area contributed by atoms with Crippen molar-refractivity contribution in [3.63, 3.8) is 0 Å². The molecule has 4 nitrogen and oxygen atoms in total. The monoisotopic (exact) mass is 394 g/mol. The Labute approximate surface area is 159 Å². The molecule has 0 aliphatic carbocycles. The highest BCUT2D eigenvalue weighted by molar-refractivity contribution is 7.80. The van der Waals surface area contributed by atoms with Gasteiger partial charge >= 0.3 is 6.18 Å². The quantitative estimate of drug-likeness (QED) is 0.551. The van der Waals surface area contributed by atoms with Gasteiger partial charge in [-0.15, -0.1) is 0 Å². The van der Waals surface area contributed by atoms with Crippen LogP contribution in [0.15, 0.2) is 54.6 Å². The van der Waals surface area contributed by atoms with Crippen LogP contribution in [-0.4, -0.2) is 27.9 Å². The van der Waals surface area contributed by atoms with Crippen LogP contribution in [0.4, 0.5) is 13.2 Å². The Hall–Kier alpha value is -2.45. The van der Waals surface area contributed by atoms with Crippen molar-refractivity contribution < 1.29 is 23.1 Å². The summed E-state index contributed by atoms with van der Waals surface area (Å²) in [6.45, 7) is 1.84. The van der Waals surface area contributed by atoms with E-state index in [0.29, 0.717) is 5.56 Å². The first-order chi connectivity index (χ1) is 12.6. The molecule has 3 atom stereocenters. The van der Waals surface area contributed by atoms with Crippen LogP contribution in [0.3, 0.4) is 0 Å². The molecule has 0 unspecified atom stereocenters. The molecule has 2 aromatic rings. The first-order valence-electron chi connectivity index (χ1n) is 8.17. The van der Waals surface area contributed by atoms with E-state index >= 15 is 0 Å². The summed E-state index contributed by atoms with van der Waals surface area (Å²) in [6, 6.07) is 13.1. The smallest absolute Gasteiger partial charge is 0.363 e. The van der Waals surface area contributed by atoms with Gasteiger partial charge in [0.05, 0.1) is 6.04 Å². The molecule has 0 bridgehead atoms. The van der Waals surface area contributed by atoms with E-state index in [1.807, 2.05) is 12.2 Å². The minimum atomic E-state index is -5.13. The number of alkyl halides is 3. The highest BCUT2D eigenvalue weighted by atomic mass is 32.1. The van der Waals surface area contributed by atoms with Crippen LogP contribution in [0, 0.1) is 12.8 Å². The molecule has 3 rings (SSSR count). The molecule has 8 heteroatoms. The number of halogens is 3. The minimum Gasteiger partial charge on any atom is -0.363 e. The third kappa shape index (κ3) is 3.54. The second-order valence-corrected chi connectivity index (χ2v) is 6.87. The third-order valence-electron chi connectivity index (χ3n) is 4.58. The Bertz CT molecular complexity index is 856. The summed E-state index contributed by atoms with van der Waals surface area (Å²) in [5.41, 5.74) is -2.11. The fourth-order valence-corrected chi connectivity index (χ4v) is 3.46. The molecule has 27 heavy (non-hydrogen) atoms. The van der Waals surface area contributed by atoms with Gasteiger partial charge in [-0.25, -0.2) is 0 Å². The standard InChI is InChI=1S/C19H17F3N2O2S/c1-11-7-9-12(10-8-11)15-14(16(25)13-5-3-2-4-6-13)18(26,19(20,21)22)24-17(27)23-15/h2-10,14-15,26H,1H3,(H2,23,24,27)/t14-,15-,18-/m0/s1. The number of rotatable bonds is 3. The lowest BCUT2D eigenvalue weighted by atomic mass is 9.77. The number of aryl methyl sites for hydroxylation is 1. The molecule has 2 aromatic carbocycles. The van der Waals surface area contributed by atoms with Crippen molar-refractivity contribution >= 4 is 23.1 Å². The lowest BCUT2D eigenvalue weighted by molar-refractivity contribution is -0.285. The summed E-state index contributed by atoms with van der Waals surface area (Å²) in [6.07, 6.45) is -5.13. The summed E-state index contributed by atoms with van der Waals surface area (Å²) in [4.78, 5) is 13.0. The molecule has 0 aromatic heterocycles. The molecule has 1 aliphatic rings. The van der Waals surface area contributed by atoms with E-state index in [-0.39, 0.29) is 10.7 Å². The fourth-order valence-electron chi connectivity index (χ4n) is 3.17. The number of aliphatic hydroxyl groups is 1. The summed E-state index contributed by atoms with van der Waals surface area (Å²) in [7, 11) is 0. The van der Waals surface area contributed by atoms with Gasteiger partial charge in [0, 0.05) is 5.56 Å². The van der Waals surface area contributed by atoms with Crippen molar-refractivity contribution in [1.82, 2.24) is 10.6 Å². The zero-order valence-electron chi connectivity index (χ0n) is 14.2. The van der Waals surface area contributed by atoms with E-state index in [2.05, 4.69) is 5.32 Å². The Morgan fingerprint density at radius 1 is 1.11 bits per heavy atom. The molecule has 1 fully saturated rings. The van der Waals surface area contributed by atoms with Gasteiger partial charge in [0.1, 0.15) is 5.92 Å². The summed E-state index contributed by atoms with van der Waals surface area (Å²) >= 11 is 4.89. The number of carbonyl (C=O) groups is 1. The molecule has 1 aliphatic heterocycles. The normalized spacial score (nSPS) is 25.4. The van der Waals surface area contributed by atoms with Gasteiger partial charge < -0.3 is 15.7 Å². The van der Waals surface area contributed by atoms with Crippen LogP contribution in [0.1, 0.15) is 27.5 Å². The van der Waals surface area contributed by atoms with E-state index in [9.17, 15) is 23.1 Å². The number of nitrogens with one attached hydrogen (secondary N) is 2. The first-order valence-corrected chi connectivity index (χ1v) is 8.58. The van der Waals surface area contributed by atoms with Gasteiger partial charge in [-0.05, 0) is 24.7 Å². The molecule has 0 radical (unpaired) electrons. The molecule has 1 heterocycles. The van der Waals surface area contributed by atoms with Gasteiger partial charge in [0.15, 0.2) is 10.9 Å². The maximum atomic E-state index is 13.8. The van der Waals surface area contributed by atoms with Crippen molar-refractivity contribution in [1.29, 1.82) is 0 Å². The highest BCUT2D eigenvalue weighted by Gasteiger charge is 2.65. The van der Waals surface area contributed by atoms with E-state index < -0.39 is 29.6 Å². The van der Waals surface area contributed by atoms with E-state index in [1.54, 1.807) is 42.5 Å². The number of benzene rings is 2. The number of thiocarbonyl (C=S) groups is 1. The van der Waals surface area contributed by atoms with Crippen molar-refractivity contribution in [2.24, 2.45) is 5.92 Å². The van der Waals surface area contributed by atoms with Gasteiger partial charge in [-0.3, -0.25) is 4.79 Å². The lowest BCUT2D eigenvalue weighted by Crippen LogP contribution is -2.72. The maximum Gasteiger partial charge on any atom is 0.437 e. The minimum absolute atomic E-state index is 0.0682. The lowest BCUT2D eigenvalue weighted by Gasteiger charge is -2.46. The number of hydrogen-bond acceptors (Lipinski definition) is 3. The number of Topliss-reactive ketones (excluding diaryl/α,β-unsaturated/α-hetero) is 1. The number of ketones is 1. The topological polar surface area (TPSA) is 61.4 Å². The Morgan fingerprint density at radius 3 is 2.26 bits per heavy atom. The van der Waals surface area contributed by atoms with E-state index in [0.717, 1.165) is 5.56 Å². The summed E-state index contributed by atoms with van der Waals surface area (Å²) in [5.74, 6) is -2.72. The summed E-state index contributed by atoms with van der Waals surface area (Å²) in [5, 5.41) is 14.8. The predicted molar refractivity (Wildman–Crippen MR) is 98.1 cm³/mol. The Morgan fingerprint density at radius 2 is 1.70 bits per heavy atom. The van der Waals surface area contributed by atoms with Crippen LogP contribution < -0.4 is 10.6 Å². The molecule has 0 spiro atoms. The molecule has 0 saturated carbocycles. The molecule has 3 N–H and O–H groups in total. The Balaban J connectivity index is 2.15. The van der Waals surface area contributed by atoms with E-state index in [4.69, 9.17) is 12.2 Å². The van der Waals surface area contributed by atoms with Gasteiger partial charge in [0.2, 0.25) is 5.72 Å². The largest absolute Gasteiger partial charge is 0.437 e. The first kappa shape index (κ1) is 19.3. The van der Waals surface area contributed by atoms with Crippen molar-refractivity contribution in [3.05, 3.63) is 71.3 Å². The second-order valence-electron chi connectivity index (χ2n) is 6.46. The van der Waals surface area contributed by atoms with Gasteiger partial charge in [-0.1, -0.05) is 60.2 Å². The fraction of sp³-hybridized carbons (Fsp3) is 0.263. The summed E-state index contributed by atoms with van der Waals surface area (Å²) < 4.78 is 41.5. The molecule has 0 amide bonds. The SMILES string of the molecule is Cc1ccc([C@@H]2NC(=S)N[C@@](O)(C(F)(F)F)[C@@H]2C(=O)c2ccccc2)cc1. The number of carbonyl (C=O) groups excluding carboxylic acids is 1. The van der Waals surface area contributed by atoms with Gasteiger partial charge in [0.25, 0.3) is 0 Å². The van der Waals surface area contributed by atoms with Crippen molar-refractivity contribution in [3.8, 4) is 0 Å². The van der Waals surface area contributed by atoms with Crippen LogP contribution in [-0.2, 0) is 0 Å². The predicted octanol–water partition coefficient (Wildman–Crippen LogP) is 3.26. The average Bonchev–Trinajstić information content (AvgIpc) is 2.61. The molecule has 142 valence electrons. The highest BCUT2D eigenvalue weighted by Crippen LogP contribution is 2.43. The molecular weight excluding hydrogens is 377 g/mol. The third-order valence-corrected chi connectivity index (χ3v) is 4.80. The zero-order valence-corrected chi connectivity index (χ0v) is 15.1. The molecule has 1 saturated heterocycles. The second kappa shape index (κ2) is 6.94. The Kier molecular flexibility index (Phi) is 4.96. The zero-order chi connectivity index (χ0) is 19.8. The molecular formula is C19H17F3N2O2S. The van der Waals surface area contributed by atoms with Crippen molar-refractivity contribution in [2.45, 2.75) is 24.9 Å². The van der Waals surface area contributed by atoms with Crippen LogP contribution in [0.2, 0.25) is 0 Å². The van der Waals surface area contributed by atoms with Gasteiger partial charge in [-0.2, -0.15) is 13.2 Å². The van der Waals surface area contributed by atoms with Crippen LogP contribution >= 0.6 is 12.2 Å². The average molecular weight is 394 g/mol. The van der Waals surface area contributed by atoms with E-state index in [1.165, 1.54) is 12.1 Å². The van der Waals surface area contributed by atoms with Crippen LogP contribution in [0.25, 0.3) is 0 Å². The van der Waals surface area contributed by atoms with Crippen LogP contribution in [0.5, 0.6) is 0 Å². The maximum absolute atomic E-state index is 13.8. The van der Waals surface area contributed by atoms with Crippen molar-refractivity contribution in [2.75, 3.05) is 0 Å². The number of hydrogen-bond donors (Lipinski definition) is 3.